The van der Waals surface area contributed by atoms with E-state index < -0.39 is 5.60 Å². The molecule has 1 aliphatic heterocycles. The molecular formula is C19H30N2O3. The molecule has 1 aliphatic rings. The zero-order valence-corrected chi connectivity index (χ0v) is 15.3. The Hall–Kier alpha value is -1.75. The van der Waals surface area contributed by atoms with E-state index in [-0.39, 0.29) is 6.09 Å². The van der Waals surface area contributed by atoms with Crippen LogP contribution in [0.5, 0.6) is 5.75 Å². The van der Waals surface area contributed by atoms with Crippen molar-refractivity contribution in [2.75, 3.05) is 26.7 Å². The molecule has 1 N–H and O–H groups in total. The van der Waals surface area contributed by atoms with Crippen molar-refractivity contribution in [3.05, 3.63) is 29.8 Å². The summed E-state index contributed by atoms with van der Waals surface area (Å²) in [6.45, 7) is 9.43. The first kappa shape index (κ1) is 18.6. The second kappa shape index (κ2) is 8.38. The monoisotopic (exact) mass is 334 g/mol. The Morgan fingerprint density at radius 2 is 1.83 bits per heavy atom. The van der Waals surface area contributed by atoms with Crippen LogP contribution in [-0.4, -0.2) is 43.3 Å². The van der Waals surface area contributed by atoms with Gasteiger partial charge in [-0.2, -0.15) is 0 Å². The van der Waals surface area contributed by atoms with Gasteiger partial charge >= 0.3 is 6.09 Å². The highest BCUT2D eigenvalue weighted by Gasteiger charge is 2.21. The minimum Gasteiger partial charge on any atom is -0.497 e. The van der Waals surface area contributed by atoms with Crippen LogP contribution in [0.1, 0.15) is 39.2 Å². The van der Waals surface area contributed by atoms with Gasteiger partial charge in [-0.3, -0.25) is 4.90 Å². The Kier molecular flexibility index (Phi) is 6.49. The number of methoxy groups -OCH3 is 1. The van der Waals surface area contributed by atoms with Gasteiger partial charge in [0.2, 0.25) is 0 Å². The van der Waals surface area contributed by atoms with Gasteiger partial charge < -0.3 is 14.8 Å². The average Bonchev–Trinajstić information content (AvgIpc) is 2.53. The summed E-state index contributed by atoms with van der Waals surface area (Å²) in [5, 5.41) is 2.89. The van der Waals surface area contributed by atoms with Crippen LogP contribution in [0, 0.1) is 5.92 Å². The minimum atomic E-state index is -0.439. The van der Waals surface area contributed by atoms with Crippen LogP contribution in [0.4, 0.5) is 4.79 Å². The van der Waals surface area contributed by atoms with Crippen molar-refractivity contribution in [2.24, 2.45) is 5.92 Å². The van der Waals surface area contributed by atoms with Crippen molar-refractivity contribution in [1.29, 1.82) is 0 Å². The Balaban J connectivity index is 1.68. The molecule has 1 heterocycles. The molecule has 0 aromatic heterocycles. The van der Waals surface area contributed by atoms with Crippen molar-refractivity contribution in [2.45, 2.75) is 45.8 Å². The largest absolute Gasteiger partial charge is 0.497 e. The van der Waals surface area contributed by atoms with E-state index in [1.165, 1.54) is 5.56 Å². The lowest BCUT2D eigenvalue weighted by Gasteiger charge is -2.32. The number of hydrogen-bond acceptors (Lipinski definition) is 4. The van der Waals surface area contributed by atoms with Gasteiger partial charge in [-0.1, -0.05) is 12.1 Å². The van der Waals surface area contributed by atoms with Crippen LogP contribution >= 0.6 is 0 Å². The Morgan fingerprint density at radius 1 is 1.21 bits per heavy atom. The first-order chi connectivity index (χ1) is 11.4. The van der Waals surface area contributed by atoms with Gasteiger partial charge in [0.1, 0.15) is 11.4 Å². The van der Waals surface area contributed by atoms with Crippen LogP contribution < -0.4 is 10.1 Å². The number of nitrogens with one attached hydrogen (secondary N) is 1. The summed E-state index contributed by atoms with van der Waals surface area (Å²) in [4.78, 5) is 14.2. The third kappa shape index (κ3) is 6.40. The van der Waals surface area contributed by atoms with E-state index in [0.29, 0.717) is 12.5 Å². The fourth-order valence-corrected chi connectivity index (χ4v) is 2.88. The highest BCUT2D eigenvalue weighted by molar-refractivity contribution is 5.67. The molecule has 0 saturated carbocycles. The zero-order valence-electron chi connectivity index (χ0n) is 15.3. The number of ether oxygens (including phenoxy) is 2. The molecular weight excluding hydrogens is 304 g/mol. The molecule has 0 spiro atoms. The van der Waals surface area contributed by atoms with Crippen LogP contribution in [0.3, 0.4) is 0 Å². The minimum absolute atomic E-state index is 0.317. The number of likely N-dealkylation sites (tertiary alicyclic amines) is 1. The number of hydrogen-bond donors (Lipinski definition) is 1. The molecule has 2 rings (SSSR count). The van der Waals surface area contributed by atoms with Gasteiger partial charge in [0.25, 0.3) is 0 Å². The molecule has 5 nitrogen and oxygen atoms in total. The highest BCUT2D eigenvalue weighted by atomic mass is 16.6. The molecule has 0 aliphatic carbocycles. The lowest BCUT2D eigenvalue weighted by atomic mass is 9.96. The predicted molar refractivity (Wildman–Crippen MR) is 95.2 cm³/mol. The third-order valence-electron chi connectivity index (χ3n) is 4.21. The predicted octanol–water partition coefficient (Wildman–Crippen LogP) is 3.43. The fourth-order valence-electron chi connectivity index (χ4n) is 2.88. The molecule has 0 atom stereocenters. The second-order valence-electron chi connectivity index (χ2n) is 7.45. The normalized spacial score (nSPS) is 16.7. The molecule has 1 saturated heterocycles. The van der Waals surface area contributed by atoms with E-state index in [9.17, 15) is 4.79 Å². The average molecular weight is 334 g/mol. The summed E-state index contributed by atoms with van der Waals surface area (Å²) in [7, 11) is 1.69. The van der Waals surface area contributed by atoms with Crippen molar-refractivity contribution in [3.63, 3.8) is 0 Å². The molecule has 1 aromatic rings. The maximum absolute atomic E-state index is 11.7. The molecule has 1 aromatic carbocycles. The number of rotatable bonds is 5. The van der Waals surface area contributed by atoms with Crippen molar-refractivity contribution < 1.29 is 14.3 Å². The highest BCUT2D eigenvalue weighted by Crippen LogP contribution is 2.20. The summed E-state index contributed by atoms with van der Waals surface area (Å²) < 4.78 is 10.5. The number of benzene rings is 1. The summed E-state index contributed by atoms with van der Waals surface area (Å²) >= 11 is 0. The SMILES string of the molecule is COc1ccc(CN2CCC(CNC(=O)OC(C)(C)C)CC2)cc1. The number of alkyl carbamates (subject to hydrolysis) is 1. The number of piperidine rings is 1. The smallest absolute Gasteiger partial charge is 0.407 e. The second-order valence-corrected chi connectivity index (χ2v) is 7.45. The van der Waals surface area contributed by atoms with E-state index >= 15 is 0 Å². The standard InChI is InChI=1S/C19H30N2O3/c1-19(2,3)24-18(22)20-13-15-9-11-21(12-10-15)14-16-5-7-17(23-4)8-6-16/h5-8,15H,9-14H2,1-4H3,(H,20,22). The Bertz CT molecular complexity index is 514. The molecule has 0 radical (unpaired) electrons. The van der Waals surface area contributed by atoms with E-state index in [0.717, 1.165) is 38.2 Å². The van der Waals surface area contributed by atoms with E-state index in [1.54, 1.807) is 7.11 Å². The molecule has 0 bridgehead atoms. The maximum Gasteiger partial charge on any atom is 0.407 e. The van der Waals surface area contributed by atoms with Gasteiger partial charge in [0.05, 0.1) is 7.11 Å². The molecule has 5 heteroatoms. The summed E-state index contributed by atoms with van der Waals surface area (Å²) in [6.07, 6.45) is 1.89. The van der Waals surface area contributed by atoms with Gasteiger partial charge in [-0.25, -0.2) is 4.79 Å². The van der Waals surface area contributed by atoms with Crippen LogP contribution in [0.25, 0.3) is 0 Å². The summed E-state index contributed by atoms with van der Waals surface area (Å²) in [6, 6.07) is 8.25. The van der Waals surface area contributed by atoms with Gasteiger partial charge in [-0.05, 0) is 70.3 Å². The topological polar surface area (TPSA) is 50.8 Å². The maximum atomic E-state index is 11.7. The molecule has 0 unspecified atom stereocenters. The van der Waals surface area contributed by atoms with E-state index in [4.69, 9.17) is 9.47 Å². The van der Waals surface area contributed by atoms with Gasteiger partial charge in [-0.15, -0.1) is 0 Å². The van der Waals surface area contributed by atoms with Gasteiger partial charge in [0.15, 0.2) is 0 Å². The van der Waals surface area contributed by atoms with Crippen molar-refractivity contribution in [1.82, 2.24) is 10.2 Å². The first-order valence-electron chi connectivity index (χ1n) is 8.68. The lowest BCUT2D eigenvalue weighted by Crippen LogP contribution is -2.40. The molecule has 1 amide bonds. The first-order valence-corrected chi connectivity index (χ1v) is 8.68. The Labute approximate surface area is 145 Å². The van der Waals surface area contributed by atoms with E-state index in [1.807, 2.05) is 32.9 Å². The number of nitrogens with zero attached hydrogens (tertiary/aromatic N) is 1. The Morgan fingerprint density at radius 3 is 2.38 bits per heavy atom. The fraction of sp³-hybridized carbons (Fsp3) is 0.632. The van der Waals surface area contributed by atoms with Crippen LogP contribution in [0.2, 0.25) is 0 Å². The number of carbonyl (C=O) groups is 1. The quantitative estimate of drug-likeness (QED) is 0.896. The van der Waals surface area contributed by atoms with Crippen molar-refractivity contribution >= 4 is 6.09 Å². The van der Waals surface area contributed by atoms with Crippen LogP contribution in [0.15, 0.2) is 24.3 Å². The van der Waals surface area contributed by atoms with E-state index in [2.05, 4.69) is 22.3 Å². The lowest BCUT2D eigenvalue weighted by molar-refractivity contribution is 0.0509. The molecule has 134 valence electrons. The van der Waals surface area contributed by atoms with Crippen LogP contribution in [-0.2, 0) is 11.3 Å². The summed E-state index contributed by atoms with van der Waals surface area (Å²) in [5.41, 5.74) is 0.868. The zero-order chi connectivity index (χ0) is 17.6. The number of carbonyl (C=O) groups excluding carboxylic acids is 1. The number of amides is 1. The summed E-state index contributed by atoms with van der Waals surface area (Å²) in [5.74, 6) is 1.43. The van der Waals surface area contributed by atoms with Crippen molar-refractivity contribution in [3.8, 4) is 5.75 Å². The molecule has 1 fully saturated rings. The molecule has 24 heavy (non-hydrogen) atoms. The van der Waals surface area contributed by atoms with Gasteiger partial charge in [0, 0.05) is 13.1 Å². The third-order valence-corrected chi connectivity index (χ3v) is 4.21.